The second-order valence-electron chi connectivity index (χ2n) is 2.72. The summed E-state index contributed by atoms with van der Waals surface area (Å²) < 4.78 is 0. The number of thiocarbonyl (C=S) groups is 1. The maximum absolute atomic E-state index is 8.61. The molecule has 4 heteroatoms. The zero-order valence-corrected chi connectivity index (χ0v) is 7.56. The first kappa shape index (κ1) is 8.22. The summed E-state index contributed by atoms with van der Waals surface area (Å²) in [6.45, 7) is 0. The topological polar surface area (TPSA) is 48.0 Å². The minimum absolute atomic E-state index is 0.330. The van der Waals surface area contributed by atoms with E-state index in [0.717, 1.165) is 16.5 Å². The van der Waals surface area contributed by atoms with Gasteiger partial charge in [-0.25, -0.2) is 0 Å². The molecule has 0 aliphatic carbocycles. The monoisotopic (exact) mass is 192 g/mol. The second-order valence-corrected chi connectivity index (χ2v) is 3.13. The second kappa shape index (κ2) is 3.16. The molecule has 3 N–H and O–H groups in total. The fourth-order valence-electron chi connectivity index (χ4n) is 1.25. The van der Waals surface area contributed by atoms with Gasteiger partial charge in [-0.15, -0.1) is 0 Å². The Morgan fingerprint density at radius 2 is 2.23 bits per heavy atom. The number of fused-ring (bicyclic) bond motifs is 1. The summed E-state index contributed by atoms with van der Waals surface area (Å²) in [6, 6.07) is 7.68. The molecular weight excluding hydrogens is 184 g/mol. The molecule has 0 spiro atoms. The third-order valence-corrected chi connectivity index (χ3v) is 2.25. The molecule has 3 nitrogen and oxygen atoms in total. The molecule has 66 valence electrons. The Hall–Kier alpha value is -1.39. The molecule has 2 rings (SSSR count). The molecule has 1 aromatic heterocycles. The normalized spacial score (nSPS) is 10.2. The van der Waals surface area contributed by atoms with E-state index in [1.54, 1.807) is 0 Å². The van der Waals surface area contributed by atoms with Crippen LogP contribution in [0.1, 0.15) is 5.56 Å². The van der Waals surface area contributed by atoms with Crippen LogP contribution >= 0.6 is 12.2 Å². The average Bonchev–Trinajstić information content (AvgIpc) is 2.63. The Labute approximate surface area is 80.3 Å². The Morgan fingerprint density at radius 3 is 3.00 bits per heavy atom. The van der Waals surface area contributed by atoms with Crippen molar-refractivity contribution < 1.29 is 5.21 Å². The lowest BCUT2D eigenvalue weighted by atomic mass is 10.2. The number of hydroxylamine groups is 1. The zero-order chi connectivity index (χ0) is 9.26. The van der Waals surface area contributed by atoms with E-state index < -0.39 is 0 Å². The van der Waals surface area contributed by atoms with Crippen molar-refractivity contribution in [1.82, 2.24) is 10.5 Å². The van der Waals surface area contributed by atoms with Crippen molar-refractivity contribution in [3.05, 3.63) is 36.0 Å². The van der Waals surface area contributed by atoms with E-state index in [-0.39, 0.29) is 0 Å². The molecule has 0 atom stereocenters. The number of H-pyrrole nitrogens is 1. The maximum atomic E-state index is 8.61. The van der Waals surface area contributed by atoms with Crippen LogP contribution in [-0.2, 0) is 0 Å². The quantitative estimate of drug-likeness (QED) is 0.477. The Balaban J connectivity index is 2.54. The Bertz CT molecular complexity index is 450. The largest absolute Gasteiger partial charge is 0.361 e. The molecule has 0 bridgehead atoms. The molecule has 0 aliphatic rings. The molecule has 0 amide bonds. The molecule has 0 unspecified atom stereocenters. The van der Waals surface area contributed by atoms with Gasteiger partial charge in [0.2, 0.25) is 0 Å². The van der Waals surface area contributed by atoms with Crippen molar-refractivity contribution >= 4 is 28.1 Å². The maximum Gasteiger partial charge on any atom is 0.130 e. The molecule has 0 fully saturated rings. The van der Waals surface area contributed by atoms with Crippen molar-refractivity contribution in [2.45, 2.75) is 0 Å². The third-order valence-electron chi connectivity index (χ3n) is 1.92. The Kier molecular flexibility index (Phi) is 2.00. The summed E-state index contributed by atoms with van der Waals surface area (Å²) in [6.07, 6.45) is 1.86. The van der Waals surface area contributed by atoms with Crippen LogP contribution in [0.3, 0.4) is 0 Å². The van der Waals surface area contributed by atoms with Gasteiger partial charge in [0, 0.05) is 17.3 Å². The van der Waals surface area contributed by atoms with E-state index in [2.05, 4.69) is 4.98 Å². The van der Waals surface area contributed by atoms with E-state index in [1.165, 1.54) is 0 Å². The Morgan fingerprint density at radius 1 is 1.38 bits per heavy atom. The van der Waals surface area contributed by atoms with Crippen LogP contribution in [0.2, 0.25) is 0 Å². The lowest BCUT2D eigenvalue weighted by Gasteiger charge is -2.00. The van der Waals surface area contributed by atoms with Crippen LogP contribution in [0, 0.1) is 0 Å². The first-order chi connectivity index (χ1) is 6.31. The minimum Gasteiger partial charge on any atom is -0.361 e. The summed E-state index contributed by atoms with van der Waals surface area (Å²) in [4.78, 5) is 3.40. The molecule has 1 aromatic carbocycles. The number of rotatable bonds is 1. The molecule has 0 radical (unpaired) electrons. The van der Waals surface area contributed by atoms with E-state index in [4.69, 9.17) is 17.4 Å². The fourth-order valence-corrected chi connectivity index (χ4v) is 1.38. The molecular formula is C9H8N2OS. The van der Waals surface area contributed by atoms with E-state index >= 15 is 0 Å². The highest BCUT2D eigenvalue weighted by atomic mass is 32.1. The highest BCUT2D eigenvalue weighted by Gasteiger charge is 2.00. The van der Waals surface area contributed by atoms with Crippen molar-refractivity contribution in [3.63, 3.8) is 0 Å². The molecule has 2 aromatic rings. The van der Waals surface area contributed by atoms with E-state index in [0.29, 0.717) is 4.99 Å². The molecule has 13 heavy (non-hydrogen) atoms. The SMILES string of the molecule is ONC(=S)c1ccc2cc[nH]c2c1. The summed E-state index contributed by atoms with van der Waals surface area (Å²) in [5.41, 5.74) is 3.76. The van der Waals surface area contributed by atoms with Gasteiger partial charge in [-0.3, -0.25) is 10.7 Å². The third kappa shape index (κ3) is 1.41. The van der Waals surface area contributed by atoms with Crippen molar-refractivity contribution in [2.24, 2.45) is 0 Å². The van der Waals surface area contributed by atoms with Gasteiger partial charge in [-0.1, -0.05) is 24.4 Å². The zero-order valence-electron chi connectivity index (χ0n) is 6.74. The first-order valence-corrected chi connectivity index (χ1v) is 4.23. The minimum atomic E-state index is 0.330. The lowest BCUT2D eigenvalue weighted by molar-refractivity contribution is 0.238. The van der Waals surface area contributed by atoms with Crippen molar-refractivity contribution in [3.8, 4) is 0 Å². The van der Waals surface area contributed by atoms with Gasteiger partial charge in [0.1, 0.15) is 4.99 Å². The van der Waals surface area contributed by atoms with Gasteiger partial charge in [-0.2, -0.15) is 0 Å². The number of aromatic amines is 1. The summed E-state index contributed by atoms with van der Waals surface area (Å²) in [5, 5.41) is 9.74. The summed E-state index contributed by atoms with van der Waals surface area (Å²) in [5.74, 6) is 0. The van der Waals surface area contributed by atoms with Crippen LogP contribution in [0.25, 0.3) is 10.9 Å². The smallest absolute Gasteiger partial charge is 0.130 e. The highest BCUT2D eigenvalue weighted by Crippen LogP contribution is 2.14. The highest BCUT2D eigenvalue weighted by molar-refractivity contribution is 7.80. The van der Waals surface area contributed by atoms with Gasteiger partial charge in [-0.05, 0) is 17.5 Å². The average molecular weight is 192 g/mol. The van der Waals surface area contributed by atoms with Crippen molar-refractivity contribution in [2.75, 3.05) is 0 Å². The predicted octanol–water partition coefficient (Wildman–Crippen LogP) is 1.82. The van der Waals surface area contributed by atoms with Crippen LogP contribution in [0.15, 0.2) is 30.5 Å². The standard InChI is InChI=1S/C9H8N2OS/c12-11-9(13)7-2-1-6-3-4-10-8(6)5-7/h1-5,10,12H,(H,11,13). The summed E-state index contributed by atoms with van der Waals surface area (Å²) in [7, 11) is 0. The predicted molar refractivity (Wildman–Crippen MR) is 54.9 cm³/mol. The first-order valence-electron chi connectivity index (χ1n) is 3.83. The van der Waals surface area contributed by atoms with E-state index in [1.807, 2.05) is 35.9 Å². The number of benzene rings is 1. The lowest BCUT2D eigenvalue weighted by Crippen LogP contribution is -2.16. The van der Waals surface area contributed by atoms with Gasteiger partial charge in [0.15, 0.2) is 0 Å². The molecule has 1 heterocycles. The van der Waals surface area contributed by atoms with Crippen molar-refractivity contribution in [1.29, 1.82) is 0 Å². The van der Waals surface area contributed by atoms with Gasteiger partial charge < -0.3 is 4.98 Å². The summed E-state index contributed by atoms with van der Waals surface area (Å²) >= 11 is 4.88. The molecule has 0 saturated heterocycles. The number of hydrogen-bond donors (Lipinski definition) is 3. The number of hydrogen-bond acceptors (Lipinski definition) is 2. The van der Waals surface area contributed by atoms with Crippen LogP contribution in [0.5, 0.6) is 0 Å². The fraction of sp³-hybridized carbons (Fsp3) is 0. The van der Waals surface area contributed by atoms with Crippen LogP contribution in [0.4, 0.5) is 0 Å². The molecule has 0 saturated carbocycles. The van der Waals surface area contributed by atoms with Crippen LogP contribution < -0.4 is 5.48 Å². The van der Waals surface area contributed by atoms with E-state index in [9.17, 15) is 0 Å². The van der Waals surface area contributed by atoms with Gasteiger partial charge in [0.25, 0.3) is 0 Å². The van der Waals surface area contributed by atoms with Crippen LogP contribution in [-0.4, -0.2) is 15.2 Å². The van der Waals surface area contributed by atoms with Gasteiger partial charge in [0.05, 0.1) is 0 Å². The van der Waals surface area contributed by atoms with Gasteiger partial charge >= 0.3 is 0 Å². The number of aromatic nitrogens is 1. The molecule has 0 aliphatic heterocycles. The number of nitrogens with one attached hydrogen (secondary N) is 2.